The molecular formula is C77H149NO5. The third-order valence-corrected chi connectivity index (χ3v) is 18.0. The Bertz CT molecular complexity index is 1300. The zero-order valence-corrected chi connectivity index (χ0v) is 56.5. The molecule has 0 aromatic heterocycles. The SMILES string of the molecule is CCCCCCCC/C=C\CCCCCCCCCC(=O)OCCCCCCCCCCCCCCCCCCCCCCCCCCCCCCCCCCC(=O)NC(CO)C(O)/C=C/CCCCCCCCCCCCCCCCC. The van der Waals surface area contributed by atoms with Gasteiger partial charge in [0.2, 0.25) is 5.91 Å². The van der Waals surface area contributed by atoms with Gasteiger partial charge in [-0.15, -0.1) is 0 Å². The number of aliphatic hydroxyl groups is 2. The zero-order valence-electron chi connectivity index (χ0n) is 56.5. The first-order valence-corrected chi connectivity index (χ1v) is 38.1. The summed E-state index contributed by atoms with van der Waals surface area (Å²) in [6.45, 7) is 4.94. The number of unbranched alkanes of at least 4 members (excludes halogenated alkanes) is 59. The Labute approximate surface area is 520 Å². The smallest absolute Gasteiger partial charge is 0.305 e. The average Bonchev–Trinajstić information content (AvgIpc) is 3.49. The van der Waals surface area contributed by atoms with Crippen LogP contribution in [0.1, 0.15) is 431 Å². The van der Waals surface area contributed by atoms with Crippen LogP contribution in [0.15, 0.2) is 24.3 Å². The molecule has 0 aliphatic heterocycles. The molecule has 0 radical (unpaired) electrons. The summed E-state index contributed by atoms with van der Waals surface area (Å²) in [4.78, 5) is 24.6. The van der Waals surface area contributed by atoms with Crippen LogP contribution in [0.4, 0.5) is 0 Å². The van der Waals surface area contributed by atoms with Crippen molar-refractivity contribution in [2.75, 3.05) is 13.2 Å². The highest BCUT2D eigenvalue weighted by molar-refractivity contribution is 5.76. The van der Waals surface area contributed by atoms with Crippen LogP contribution in [-0.2, 0) is 14.3 Å². The lowest BCUT2D eigenvalue weighted by Gasteiger charge is -2.20. The number of hydrogen-bond donors (Lipinski definition) is 3. The Morgan fingerprint density at radius 2 is 0.566 bits per heavy atom. The maximum absolute atomic E-state index is 12.5. The van der Waals surface area contributed by atoms with Gasteiger partial charge in [0.05, 0.1) is 25.4 Å². The van der Waals surface area contributed by atoms with Crippen molar-refractivity contribution >= 4 is 11.9 Å². The van der Waals surface area contributed by atoms with Gasteiger partial charge in [-0.3, -0.25) is 9.59 Å². The van der Waals surface area contributed by atoms with Gasteiger partial charge in [-0.2, -0.15) is 0 Å². The average molecular weight is 1170 g/mol. The second-order valence-electron chi connectivity index (χ2n) is 26.3. The lowest BCUT2D eigenvalue weighted by atomic mass is 10.0. The van der Waals surface area contributed by atoms with Crippen molar-refractivity contribution in [2.45, 2.75) is 443 Å². The highest BCUT2D eigenvalue weighted by atomic mass is 16.5. The lowest BCUT2D eigenvalue weighted by Crippen LogP contribution is -2.45. The molecule has 2 atom stereocenters. The highest BCUT2D eigenvalue weighted by Gasteiger charge is 2.18. The van der Waals surface area contributed by atoms with Crippen molar-refractivity contribution in [3.8, 4) is 0 Å². The Morgan fingerprint density at radius 1 is 0.325 bits per heavy atom. The van der Waals surface area contributed by atoms with Crippen molar-refractivity contribution in [3.63, 3.8) is 0 Å². The molecule has 2 unspecified atom stereocenters. The minimum Gasteiger partial charge on any atom is -0.466 e. The van der Waals surface area contributed by atoms with E-state index in [9.17, 15) is 19.8 Å². The largest absolute Gasteiger partial charge is 0.466 e. The van der Waals surface area contributed by atoms with Gasteiger partial charge in [-0.1, -0.05) is 385 Å². The van der Waals surface area contributed by atoms with Crippen molar-refractivity contribution in [3.05, 3.63) is 24.3 Å². The second-order valence-corrected chi connectivity index (χ2v) is 26.3. The van der Waals surface area contributed by atoms with Crippen molar-refractivity contribution in [1.82, 2.24) is 5.32 Å². The molecule has 0 fully saturated rings. The van der Waals surface area contributed by atoms with E-state index in [0.717, 1.165) is 44.9 Å². The summed E-state index contributed by atoms with van der Waals surface area (Å²) in [6, 6.07) is -0.624. The number of amides is 1. The van der Waals surface area contributed by atoms with Crippen LogP contribution in [0.2, 0.25) is 0 Å². The van der Waals surface area contributed by atoms with E-state index in [2.05, 4.69) is 31.3 Å². The normalized spacial score (nSPS) is 12.6. The first kappa shape index (κ1) is 81.3. The molecule has 83 heavy (non-hydrogen) atoms. The third kappa shape index (κ3) is 69.3. The summed E-state index contributed by atoms with van der Waals surface area (Å²) >= 11 is 0. The van der Waals surface area contributed by atoms with Crippen LogP contribution in [0, 0.1) is 0 Å². The summed E-state index contributed by atoms with van der Waals surface area (Å²) in [5.74, 6) is -0.0414. The maximum atomic E-state index is 12.5. The van der Waals surface area contributed by atoms with Crippen LogP contribution in [-0.4, -0.2) is 47.4 Å². The third-order valence-electron chi connectivity index (χ3n) is 18.0. The number of hydrogen-bond acceptors (Lipinski definition) is 5. The topological polar surface area (TPSA) is 95.9 Å². The van der Waals surface area contributed by atoms with Gasteiger partial charge < -0.3 is 20.3 Å². The molecule has 1 amide bonds. The Morgan fingerprint density at radius 3 is 0.855 bits per heavy atom. The van der Waals surface area contributed by atoms with Crippen molar-refractivity contribution in [1.29, 1.82) is 0 Å². The molecule has 6 nitrogen and oxygen atoms in total. The van der Waals surface area contributed by atoms with Crippen molar-refractivity contribution < 1.29 is 24.5 Å². The molecule has 0 saturated heterocycles. The minimum atomic E-state index is -0.841. The van der Waals surface area contributed by atoms with E-state index in [4.69, 9.17) is 4.74 Å². The van der Waals surface area contributed by atoms with Crippen LogP contribution in [0.3, 0.4) is 0 Å². The number of carbonyl (C=O) groups excluding carboxylic acids is 2. The van der Waals surface area contributed by atoms with Crippen LogP contribution < -0.4 is 5.32 Å². The van der Waals surface area contributed by atoms with Gasteiger partial charge >= 0.3 is 5.97 Å². The fourth-order valence-corrected chi connectivity index (χ4v) is 12.2. The predicted molar refractivity (Wildman–Crippen MR) is 366 cm³/mol. The molecule has 0 saturated carbocycles. The number of nitrogens with one attached hydrogen (secondary N) is 1. The van der Waals surface area contributed by atoms with Gasteiger partial charge in [0.25, 0.3) is 0 Å². The Balaban J connectivity index is 3.33. The summed E-state index contributed by atoms with van der Waals surface area (Å²) < 4.78 is 5.51. The number of esters is 1. The molecule has 0 aliphatic rings. The molecule has 0 aliphatic carbocycles. The van der Waals surface area contributed by atoms with E-state index in [1.54, 1.807) is 6.08 Å². The molecule has 0 rings (SSSR count). The van der Waals surface area contributed by atoms with E-state index >= 15 is 0 Å². The van der Waals surface area contributed by atoms with Crippen molar-refractivity contribution in [2.24, 2.45) is 0 Å². The lowest BCUT2D eigenvalue weighted by molar-refractivity contribution is -0.143. The van der Waals surface area contributed by atoms with Gasteiger partial charge in [0.15, 0.2) is 0 Å². The van der Waals surface area contributed by atoms with Crippen LogP contribution in [0.25, 0.3) is 0 Å². The number of rotatable bonds is 72. The molecule has 0 heterocycles. The monoisotopic (exact) mass is 1170 g/mol. The van der Waals surface area contributed by atoms with Gasteiger partial charge in [-0.25, -0.2) is 0 Å². The number of ether oxygens (including phenoxy) is 1. The molecule has 0 bridgehead atoms. The van der Waals surface area contributed by atoms with E-state index in [1.807, 2.05) is 6.08 Å². The van der Waals surface area contributed by atoms with E-state index in [1.165, 1.54) is 360 Å². The molecule has 3 N–H and O–H groups in total. The summed E-state index contributed by atoms with van der Waals surface area (Å²) in [5.41, 5.74) is 0. The molecule has 6 heteroatoms. The van der Waals surface area contributed by atoms with Crippen LogP contribution >= 0.6 is 0 Å². The molecule has 492 valence electrons. The number of aliphatic hydroxyl groups excluding tert-OH is 2. The first-order valence-electron chi connectivity index (χ1n) is 38.1. The Hall–Kier alpha value is -1.66. The maximum Gasteiger partial charge on any atom is 0.305 e. The van der Waals surface area contributed by atoms with E-state index in [0.29, 0.717) is 19.4 Å². The fourth-order valence-electron chi connectivity index (χ4n) is 12.2. The standard InChI is InChI=1S/C77H149NO5/c1-3-5-7-9-11-13-15-17-19-37-41-45-49-53-57-61-65-69-75(80)74(73-79)78-76(81)70-66-62-58-54-50-46-42-39-35-33-31-29-27-25-23-21-22-24-26-28-30-32-34-36-40-44-48-52-56-60-64-68-72-83-77(82)71-67-63-59-55-51-47-43-38-20-18-16-14-12-10-8-6-4-2/h18,20,65,69,74-75,79-80H,3-17,19,21-64,66-68,70-73H2,1-2H3,(H,78,81)/b20-18-,69-65+. The van der Waals surface area contributed by atoms with E-state index < -0.39 is 12.1 Å². The Kier molecular flexibility index (Phi) is 71.4. The van der Waals surface area contributed by atoms with Gasteiger partial charge in [-0.05, 0) is 57.8 Å². The predicted octanol–water partition coefficient (Wildman–Crippen LogP) is 24.9. The van der Waals surface area contributed by atoms with Crippen LogP contribution in [0.5, 0.6) is 0 Å². The molecule has 0 spiro atoms. The van der Waals surface area contributed by atoms with Gasteiger partial charge in [0.1, 0.15) is 0 Å². The minimum absolute atomic E-state index is 0.0185. The number of allylic oxidation sites excluding steroid dienone is 3. The van der Waals surface area contributed by atoms with Gasteiger partial charge in [0, 0.05) is 12.8 Å². The first-order chi connectivity index (χ1) is 41.0. The zero-order chi connectivity index (χ0) is 59.9. The fraction of sp³-hybridized carbons (Fsp3) is 0.922. The summed E-state index contributed by atoms with van der Waals surface area (Å²) in [7, 11) is 0. The summed E-state index contributed by atoms with van der Waals surface area (Å²) in [6.07, 6.45) is 92.9. The second kappa shape index (κ2) is 72.8. The van der Waals surface area contributed by atoms with E-state index in [-0.39, 0.29) is 18.5 Å². The molecule has 0 aromatic carbocycles. The number of carbonyl (C=O) groups is 2. The summed E-state index contributed by atoms with van der Waals surface area (Å²) in [5, 5.41) is 23.2. The molecule has 0 aromatic rings. The molecular weight excluding hydrogens is 1020 g/mol. The quantitative estimate of drug-likeness (QED) is 0.0320. The highest BCUT2D eigenvalue weighted by Crippen LogP contribution is 2.20.